The van der Waals surface area contributed by atoms with E-state index in [2.05, 4.69) is 34.1 Å². The molecule has 0 fully saturated rings. The Morgan fingerprint density at radius 2 is 1.79 bits per heavy atom. The van der Waals surface area contributed by atoms with Crippen molar-refractivity contribution in [1.29, 1.82) is 0 Å². The summed E-state index contributed by atoms with van der Waals surface area (Å²) in [5.41, 5.74) is 2.29. The Morgan fingerprint density at radius 1 is 1.21 bits per heavy atom. The van der Waals surface area contributed by atoms with Gasteiger partial charge in [-0.2, -0.15) is 0 Å². The minimum absolute atomic E-state index is 0.372. The third kappa shape index (κ3) is 5.30. The van der Waals surface area contributed by atoms with Crippen LogP contribution in [0.3, 0.4) is 0 Å². The summed E-state index contributed by atoms with van der Waals surface area (Å²) in [6, 6.07) is 8.23. The predicted molar refractivity (Wildman–Crippen MR) is 78.7 cm³/mol. The number of benzene rings is 1. The summed E-state index contributed by atoms with van der Waals surface area (Å²) in [5, 5.41) is 9.06. The summed E-state index contributed by atoms with van der Waals surface area (Å²) in [4.78, 5) is 15.3. The van der Waals surface area contributed by atoms with Crippen molar-refractivity contribution in [3.8, 4) is 0 Å². The lowest BCUT2D eigenvalue weighted by atomic mass is 10.1. The van der Waals surface area contributed by atoms with Gasteiger partial charge in [-0.15, -0.1) is 0 Å². The molecule has 0 aliphatic carbocycles. The molecular formula is C15H24N2O2. The van der Waals surface area contributed by atoms with Crippen LogP contribution in [0, 0.1) is 12.8 Å². The number of hydrogen-bond acceptors (Lipinski definition) is 3. The number of nitrogens with zero attached hydrogens (tertiary/aromatic N) is 2. The van der Waals surface area contributed by atoms with Gasteiger partial charge in [0.2, 0.25) is 0 Å². The molecule has 0 spiro atoms. The van der Waals surface area contributed by atoms with Crippen molar-refractivity contribution < 1.29 is 9.90 Å². The van der Waals surface area contributed by atoms with Crippen LogP contribution in [0.5, 0.6) is 0 Å². The molecule has 0 heterocycles. The normalized spacial score (nSPS) is 12.5. The number of likely N-dealkylation sites (N-methyl/N-ethyl adjacent to an activating group) is 1. The average molecular weight is 264 g/mol. The lowest BCUT2D eigenvalue weighted by Gasteiger charge is -2.28. The van der Waals surface area contributed by atoms with E-state index >= 15 is 0 Å². The molecule has 0 aliphatic heterocycles. The van der Waals surface area contributed by atoms with Crippen LogP contribution in [0.25, 0.3) is 0 Å². The van der Waals surface area contributed by atoms with Gasteiger partial charge in [-0.1, -0.05) is 24.6 Å². The quantitative estimate of drug-likeness (QED) is 0.819. The number of carbonyl (C=O) groups is 1. The molecule has 0 saturated heterocycles. The smallest absolute Gasteiger partial charge is 0.308 e. The van der Waals surface area contributed by atoms with E-state index in [1.807, 2.05) is 21.0 Å². The standard InChI is InChI=1S/C15H24N2O2/c1-12-5-7-14(8-6-12)17(10-9-16(3)4)11-13(2)15(18)19/h5-8,13H,9-11H2,1-4H3,(H,18,19). The highest BCUT2D eigenvalue weighted by Crippen LogP contribution is 2.16. The average Bonchev–Trinajstić information content (AvgIpc) is 2.35. The van der Waals surface area contributed by atoms with Crippen LogP contribution < -0.4 is 4.90 Å². The second kappa shape index (κ2) is 7.14. The van der Waals surface area contributed by atoms with Crippen LogP contribution in [0.1, 0.15) is 12.5 Å². The predicted octanol–water partition coefficient (Wildman–Crippen LogP) is 2.08. The number of aryl methyl sites for hydroxylation is 1. The Hall–Kier alpha value is -1.55. The molecular weight excluding hydrogens is 240 g/mol. The van der Waals surface area contributed by atoms with E-state index in [-0.39, 0.29) is 5.92 Å². The highest BCUT2D eigenvalue weighted by atomic mass is 16.4. The lowest BCUT2D eigenvalue weighted by Crippen LogP contribution is -2.36. The van der Waals surface area contributed by atoms with Crippen molar-refractivity contribution in [2.24, 2.45) is 5.92 Å². The van der Waals surface area contributed by atoms with Crippen molar-refractivity contribution >= 4 is 11.7 Å². The molecule has 1 aromatic rings. The molecule has 1 aromatic carbocycles. The van der Waals surface area contributed by atoms with Crippen molar-refractivity contribution in [2.75, 3.05) is 38.6 Å². The van der Waals surface area contributed by atoms with Gasteiger partial charge in [-0.3, -0.25) is 4.79 Å². The molecule has 1 N–H and O–H groups in total. The fraction of sp³-hybridized carbons (Fsp3) is 0.533. The van der Waals surface area contributed by atoms with Crippen molar-refractivity contribution in [3.63, 3.8) is 0 Å². The number of hydrogen-bond donors (Lipinski definition) is 1. The molecule has 1 rings (SSSR count). The van der Waals surface area contributed by atoms with Crippen molar-refractivity contribution in [2.45, 2.75) is 13.8 Å². The van der Waals surface area contributed by atoms with Crippen LogP contribution in [0.4, 0.5) is 5.69 Å². The third-order valence-corrected chi connectivity index (χ3v) is 3.13. The Morgan fingerprint density at radius 3 is 2.26 bits per heavy atom. The molecule has 0 aliphatic rings. The van der Waals surface area contributed by atoms with Crippen LogP contribution in [0.2, 0.25) is 0 Å². The van der Waals surface area contributed by atoms with Gasteiger partial charge in [0.25, 0.3) is 0 Å². The first-order valence-electron chi connectivity index (χ1n) is 6.59. The second-order valence-electron chi connectivity index (χ2n) is 5.32. The Balaban J connectivity index is 2.78. The highest BCUT2D eigenvalue weighted by molar-refractivity contribution is 5.70. The molecule has 0 aromatic heterocycles. The van der Waals surface area contributed by atoms with Gasteiger partial charge < -0.3 is 14.9 Å². The van der Waals surface area contributed by atoms with Gasteiger partial charge in [0.15, 0.2) is 0 Å². The number of anilines is 1. The fourth-order valence-corrected chi connectivity index (χ4v) is 1.81. The van der Waals surface area contributed by atoms with E-state index < -0.39 is 5.97 Å². The minimum atomic E-state index is -0.748. The molecule has 4 nitrogen and oxygen atoms in total. The fourth-order valence-electron chi connectivity index (χ4n) is 1.81. The zero-order chi connectivity index (χ0) is 14.4. The van der Waals surface area contributed by atoms with Crippen LogP contribution >= 0.6 is 0 Å². The molecule has 106 valence electrons. The molecule has 19 heavy (non-hydrogen) atoms. The Bertz CT molecular complexity index is 401. The number of aliphatic carboxylic acids is 1. The van der Waals surface area contributed by atoms with Crippen LogP contribution in [-0.4, -0.2) is 49.7 Å². The topological polar surface area (TPSA) is 43.8 Å². The van der Waals surface area contributed by atoms with Gasteiger partial charge >= 0.3 is 5.97 Å². The maximum Gasteiger partial charge on any atom is 0.308 e. The first-order chi connectivity index (χ1) is 8.90. The van der Waals surface area contributed by atoms with Crippen LogP contribution in [0.15, 0.2) is 24.3 Å². The monoisotopic (exact) mass is 264 g/mol. The molecule has 0 bridgehead atoms. The van der Waals surface area contributed by atoms with Gasteiger partial charge in [0.1, 0.15) is 0 Å². The molecule has 1 unspecified atom stereocenters. The summed E-state index contributed by atoms with van der Waals surface area (Å²) in [6.07, 6.45) is 0. The van der Waals surface area contributed by atoms with Gasteiger partial charge in [-0.05, 0) is 33.2 Å². The van der Waals surface area contributed by atoms with E-state index in [0.29, 0.717) is 6.54 Å². The van der Waals surface area contributed by atoms with E-state index in [0.717, 1.165) is 18.8 Å². The molecule has 4 heteroatoms. The van der Waals surface area contributed by atoms with E-state index in [9.17, 15) is 4.79 Å². The second-order valence-corrected chi connectivity index (χ2v) is 5.32. The van der Waals surface area contributed by atoms with Gasteiger partial charge in [0, 0.05) is 25.3 Å². The molecule has 0 saturated carbocycles. The summed E-state index contributed by atoms with van der Waals surface area (Å²) in [5.74, 6) is -1.12. The summed E-state index contributed by atoms with van der Waals surface area (Å²) >= 11 is 0. The number of rotatable bonds is 7. The lowest BCUT2D eigenvalue weighted by molar-refractivity contribution is -0.140. The van der Waals surface area contributed by atoms with Crippen molar-refractivity contribution in [1.82, 2.24) is 4.90 Å². The maximum atomic E-state index is 11.0. The van der Waals surface area contributed by atoms with E-state index in [1.54, 1.807) is 6.92 Å². The Kier molecular flexibility index (Phi) is 5.83. The third-order valence-electron chi connectivity index (χ3n) is 3.13. The zero-order valence-electron chi connectivity index (χ0n) is 12.3. The van der Waals surface area contributed by atoms with Gasteiger partial charge in [0.05, 0.1) is 5.92 Å². The molecule has 1 atom stereocenters. The summed E-state index contributed by atoms with van der Waals surface area (Å²) in [7, 11) is 4.04. The van der Waals surface area contributed by atoms with Gasteiger partial charge in [-0.25, -0.2) is 0 Å². The molecule has 0 radical (unpaired) electrons. The Labute approximate surface area is 115 Å². The SMILES string of the molecule is Cc1ccc(N(CCN(C)C)CC(C)C(=O)O)cc1. The van der Waals surface area contributed by atoms with Crippen molar-refractivity contribution in [3.05, 3.63) is 29.8 Å². The molecule has 0 amide bonds. The van der Waals surface area contributed by atoms with Crippen LogP contribution in [-0.2, 0) is 4.79 Å². The first kappa shape index (κ1) is 15.5. The summed E-state index contributed by atoms with van der Waals surface area (Å²) in [6.45, 7) is 6.06. The minimum Gasteiger partial charge on any atom is -0.481 e. The number of carboxylic acids is 1. The summed E-state index contributed by atoms with van der Waals surface area (Å²) < 4.78 is 0. The first-order valence-corrected chi connectivity index (χ1v) is 6.59. The largest absolute Gasteiger partial charge is 0.481 e. The van der Waals surface area contributed by atoms with E-state index in [1.165, 1.54) is 5.56 Å². The zero-order valence-corrected chi connectivity index (χ0v) is 12.3. The maximum absolute atomic E-state index is 11.0. The van der Waals surface area contributed by atoms with E-state index in [4.69, 9.17) is 5.11 Å². The highest BCUT2D eigenvalue weighted by Gasteiger charge is 2.16. The number of carboxylic acid groups (broad SMARTS) is 1.